The molecule has 0 spiro atoms. The molecule has 1 N–H and O–H groups in total. The van der Waals surface area contributed by atoms with Crippen LogP contribution in [0.3, 0.4) is 0 Å². The minimum Gasteiger partial charge on any atom is -0.422 e. The standard InChI is InChI=1S/C24H17NO3/c26-23(18-9-3-1-4-10-18)25-20-15-7-13-17-14-8-16-21(22(17)20)28-24(27)19-11-5-2-6-12-19/h1-16H,(H,25,26). The van der Waals surface area contributed by atoms with Gasteiger partial charge in [-0.05, 0) is 41.8 Å². The zero-order valence-electron chi connectivity index (χ0n) is 15.0. The van der Waals surface area contributed by atoms with Gasteiger partial charge in [-0.15, -0.1) is 0 Å². The first-order valence-electron chi connectivity index (χ1n) is 8.88. The van der Waals surface area contributed by atoms with Crippen LogP contribution in [-0.4, -0.2) is 11.9 Å². The minimum atomic E-state index is -0.447. The Morgan fingerprint density at radius 1 is 0.643 bits per heavy atom. The summed E-state index contributed by atoms with van der Waals surface area (Å²) in [7, 11) is 0. The van der Waals surface area contributed by atoms with Gasteiger partial charge in [-0.3, -0.25) is 4.79 Å². The van der Waals surface area contributed by atoms with Gasteiger partial charge in [0.1, 0.15) is 5.75 Å². The highest BCUT2D eigenvalue weighted by Gasteiger charge is 2.14. The highest BCUT2D eigenvalue weighted by molar-refractivity contribution is 6.11. The Bertz CT molecular complexity index is 1050. The van der Waals surface area contributed by atoms with Crippen molar-refractivity contribution < 1.29 is 14.3 Å². The molecule has 4 nitrogen and oxygen atoms in total. The van der Waals surface area contributed by atoms with Crippen LogP contribution in [0.1, 0.15) is 20.7 Å². The van der Waals surface area contributed by atoms with Crippen LogP contribution in [0, 0.1) is 0 Å². The van der Waals surface area contributed by atoms with E-state index in [0.29, 0.717) is 28.0 Å². The Balaban J connectivity index is 1.70. The van der Waals surface area contributed by atoms with Gasteiger partial charge in [0.25, 0.3) is 5.91 Å². The number of rotatable bonds is 4. The second-order valence-corrected chi connectivity index (χ2v) is 6.24. The topological polar surface area (TPSA) is 55.4 Å². The lowest BCUT2D eigenvalue weighted by Gasteiger charge is -2.13. The summed E-state index contributed by atoms with van der Waals surface area (Å²) in [6.45, 7) is 0. The van der Waals surface area contributed by atoms with Crippen LogP contribution >= 0.6 is 0 Å². The van der Waals surface area contributed by atoms with Gasteiger partial charge in [-0.2, -0.15) is 0 Å². The molecule has 4 heteroatoms. The second-order valence-electron chi connectivity index (χ2n) is 6.24. The van der Waals surface area contributed by atoms with E-state index in [0.717, 1.165) is 5.39 Å². The molecule has 0 aliphatic heterocycles. The average molecular weight is 367 g/mol. The first-order chi connectivity index (χ1) is 13.7. The van der Waals surface area contributed by atoms with Gasteiger partial charge >= 0.3 is 5.97 Å². The Kier molecular flexibility index (Phi) is 4.85. The summed E-state index contributed by atoms with van der Waals surface area (Å²) in [6.07, 6.45) is 0. The fraction of sp³-hybridized carbons (Fsp3) is 0. The normalized spacial score (nSPS) is 10.4. The maximum absolute atomic E-state index is 12.6. The van der Waals surface area contributed by atoms with Crippen molar-refractivity contribution in [1.29, 1.82) is 0 Å². The van der Waals surface area contributed by atoms with E-state index in [-0.39, 0.29) is 5.91 Å². The Hall–Kier alpha value is -3.92. The lowest BCUT2D eigenvalue weighted by atomic mass is 10.1. The Morgan fingerprint density at radius 2 is 1.25 bits per heavy atom. The molecular weight excluding hydrogens is 350 g/mol. The van der Waals surface area contributed by atoms with Crippen molar-refractivity contribution in [1.82, 2.24) is 0 Å². The highest BCUT2D eigenvalue weighted by Crippen LogP contribution is 2.33. The Morgan fingerprint density at radius 3 is 1.93 bits per heavy atom. The molecule has 0 aliphatic carbocycles. The maximum Gasteiger partial charge on any atom is 0.343 e. The lowest BCUT2D eigenvalue weighted by molar-refractivity contribution is 0.0737. The average Bonchev–Trinajstić information content (AvgIpc) is 2.75. The van der Waals surface area contributed by atoms with Gasteiger partial charge in [0.05, 0.1) is 11.3 Å². The van der Waals surface area contributed by atoms with E-state index >= 15 is 0 Å². The molecule has 0 fully saturated rings. The highest BCUT2D eigenvalue weighted by atomic mass is 16.5. The van der Waals surface area contributed by atoms with E-state index in [9.17, 15) is 9.59 Å². The van der Waals surface area contributed by atoms with Gasteiger partial charge in [-0.1, -0.05) is 60.7 Å². The van der Waals surface area contributed by atoms with Gasteiger partial charge in [0.15, 0.2) is 0 Å². The van der Waals surface area contributed by atoms with Crippen molar-refractivity contribution in [2.75, 3.05) is 5.32 Å². The number of carbonyl (C=O) groups excluding carboxylic acids is 2. The molecule has 4 rings (SSSR count). The molecular formula is C24H17NO3. The monoisotopic (exact) mass is 367 g/mol. The molecule has 1 amide bonds. The number of carbonyl (C=O) groups is 2. The lowest BCUT2D eigenvalue weighted by Crippen LogP contribution is -2.13. The van der Waals surface area contributed by atoms with E-state index < -0.39 is 5.97 Å². The summed E-state index contributed by atoms with van der Waals surface area (Å²) in [5.41, 5.74) is 1.60. The van der Waals surface area contributed by atoms with Crippen molar-refractivity contribution in [3.05, 3.63) is 108 Å². The summed E-state index contributed by atoms with van der Waals surface area (Å²) in [4.78, 5) is 25.1. The van der Waals surface area contributed by atoms with Crippen LogP contribution in [0.2, 0.25) is 0 Å². The van der Waals surface area contributed by atoms with Crippen molar-refractivity contribution >= 4 is 28.3 Å². The largest absolute Gasteiger partial charge is 0.422 e. The van der Waals surface area contributed by atoms with Crippen molar-refractivity contribution in [2.24, 2.45) is 0 Å². The quantitative estimate of drug-likeness (QED) is 0.393. The summed E-state index contributed by atoms with van der Waals surface area (Å²) >= 11 is 0. The number of esters is 1. The molecule has 136 valence electrons. The van der Waals surface area contributed by atoms with Gasteiger partial charge in [0, 0.05) is 10.9 Å². The zero-order chi connectivity index (χ0) is 19.3. The van der Waals surface area contributed by atoms with Crippen LogP contribution in [0.15, 0.2) is 97.1 Å². The third-order valence-corrected chi connectivity index (χ3v) is 4.36. The molecule has 0 aliphatic rings. The fourth-order valence-corrected chi connectivity index (χ4v) is 3.01. The summed E-state index contributed by atoms with van der Waals surface area (Å²) in [6, 6.07) is 28.8. The number of nitrogens with one attached hydrogen (secondary N) is 1. The summed E-state index contributed by atoms with van der Waals surface area (Å²) in [5.74, 6) is -0.273. The minimum absolute atomic E-state index is 0.225. The van der Waals surface area contributed by atoms with E-state index in [1.807, 2.05) is 48.5 Å². The first kappa shape index (κ1) is 17.5. The number of fused-ring (bicyclic) bond motifs is 1. The zero-order valence-corrected chi connectivity index (χ0v) is 15.0. The van der Waals surface area contributed by atoms with E-state index in [2.05, 4.69) is 5.32 Å². The van der Waals surface area contributed by atoms with Crippen LogP contribution in [-0.2, 0) is 0 Å². The number of hydrogen-bond donors (Lipinski definition) is 1. The number of ether oxygens (including phenoxy) is 1. The van der Waals surface area contributed by atoms with Crippen molar-refractivity contribution in [3.63, 3.8) is 0 Å². The number of benzene rings is 4. The third kappa shape index (κ3) is 3.62. The van der Waals surface area contributed by atoms with Crippen LogP contribution in [0.5, 0.6) is 5.75 Å². The molecule has 0 unspecified atom stereocenters. The SMILES string of the molecule is O=C(Nc1cccc2cccc(OC(=O)c3ccccc3)c12)c1ccccc1. The smallest absolute Gasteiger partial charge is 0.343 e. The molecule has 4 aromatic carbocycles. The Labute approximate surface area is 162 Å². The molecule has 4 aromatic rings. The number of amides is 1. The van der Waals surface area contributed by atoms with E-state index in [4.69, 9.17) is 4.74 Å². The molecule has 28 heavy (non-hydrogen) atoms. The van der Waals surface area contributed by atoms with E-state index in [1.54, 1.807) is 48.5 Å². The van der Waals surface area contributed by atoms with Crippen LogP contribution < -0.4 is 10.1 Å². The molecule has 0 atom stereocenters. The fourth-order valence-electron chi connectivity index (χ4n) is 3.01. The molecule has 0 saturated carbocycles. The predicted octanol–water partition coefficient (Wildman–Crippen LogP) is 5.31. The number of anilines is 1. The summed E-state index contributed by atoms with van der Waals surface area (Å²) < 4.78 is 5.65. The summed E-state index contributed by atoms with van der Waals surface area (Å²) in [5, 5.41) is 4.47. The van der Waals surface area contributed by atoms with Crippen molar-refractivity contribution in [2.45, 2.75) is 0 Å². The molecule has 0 saturated heterocycles. The van der Waals surface area contributed by atoms with Crippen LogP contribution in [0.4, 0.5) is 5.69 Å². The van der Waals surface area contributed by atoms with Crippen molar-refractivity contribution in [3.8, 4) is 5.75 Å². The molecule has 0 radical (unpaired) electrons. The molecule has 0 bridgehead atoms. The first-order valence-corrected chi connectivity index (χ1v) is 8.88. The molecule has 0 aromatic heterocycles. The van der Waals surface area contributed by atoms with Crippen LogP contribution in [0.25, 0.3) is 10.8 Å². The molecule has 0 heterocycles. The van der Waals surface area contributed by atoms with Gasteiger partial charge in [0.2, 0.25) is 0 Å². The van der Waals surface area contributed by atoms with E-state index in [1.165, 1.54) is 0 Å². The maximum atomic E-state index is 12.6. The third-order valence-electron chi connectivity index (χ3n) is 4.36. The van der Waals surface area contributed by atoms with Gasteiger partial charge in [-0.25, -0.2) is 4.79 Å². The second kappa shape index (κ2) is 7.76. The number of hydrogen-bond acceptors (Lipinski definition) is 3. The van der Waals surface area contributed by atoms with Gasteiger partial charge < -0.3 is 10.1 Å². The predicted molar refractivity (Wildman–Crippen MR) is 110 cm³/mol.